The molecule has 2 rings (SSSR count). The van der Waals surface area contributed by atoms with Crippen LogP contribution in [0.1, 0.15) is 17.3 Å². The molecule has 0 aliphatic heterocycles. The van der Waals surface area contributed by atoms with Crippen LogP contribution in [0.2, 0.25) is 5.02 Å². The van der Waals surface area contributed by atoms with Gasteiger partial charge in [-0.25, -0.2) is 4.79 Å². The summed E-state index contributed by atoms with van der Waals surface area (Å²) in [6, 6.07) is 10.9. The fourth-order valence-corrected chi connectivity index (χ4v) is 1.65. The Labute approximate surface area is 110 Å². The fraction of sp³-hybridized carbons (Fsp3) is 0.143. The van der Waals surface area contributed by atoms with Gasteiger partial charge in [0.25, 0.3) is 0 Å². The average molecular weight is 262 g/mol. The number of hydrogen-bond acceptors (Lipinski definition) is 3. The smallest absolute Gasteiger partial charge is 0.339 e. The molecule has 18 heavy (non-hydrogen) atoms. The van der Waals surface area contributed by atoms with Crippen LogP contribution in [0.3, 0.4) is 0 Å². The molecule has 1 aromatic carbocycles. The minimum Gasteiger partial charge on any atom is -0.462 e. The topological polar surface area (TPSA) is 39.2 Å². The van der Waals surface area contributed by atoms with Crippen molar-refractivity contribution in [3.8, 4) is 11.3 Å². The maximum atomic E-state index is 11.5. The Hall–Kier alpha value is -1.87. The molecule has 0 radical (unpaired) electrons. The van der Waals surface area contributed by atoms with Crippen molar-refractivity contribution in [1.82, 2.24) is 4.98 Å². The quantitative estimate of drug-likeness (QED) is 0.793. The van der Waals surface area contributed by atoms with Gasteiger partial charge in [-0.15, -0.1) is 0 Å². The van der Waals surface area contributed by atoms with Gasteiger partial charge in [0.15, 0.2) is 0 Å². The minimum atomic E-state index is -0.354. The van der Waals surface area contributed by atoms with Gasteiger partial charge >= 0.3 is 5.97 Å². The van der Waals surface area contributed by atoms with Gasteiger partial charge in [0, 0.05) is 16.8 Å². The number of rotatable bonds is 3. The van der Waals surface area contributed by atoms with Crippen LogP contribution in [0.15, 0.2) is 42.6 Å². The highest BCUT2D eigenvalue weighted by Crippen LogP contribution is 2.19. The maximum absolute atomic E-state index is 11.5. The largest absolute Gasteiger partial charge is 0.462 e. The average Bonchev–Trinajstić information content (AvgIpc) is 2.40. The van der Waals surface area contributed by atoms with E-state index >= 15 is 0 Å². The predicted molar refractivity (Wildman–Crippen MR) is 70.6 cm³/mol. The summed E-state index contributed by atoms with van der Waals surface area (Å²) in [5.74, 6) is -0.354. The molecule has 0 bridgehead atoms. The highest BCUT2D eigenvalue weighted by molar-refractivity contribution is 6.30. The Kier molecular flexibility index (Phi) is 3.95. The van der Waals surface area contributed by atoms with Crippen LogP contribution in [-0.4, -0.2) is 17.6 Å². The molecule has 2 aromatic rings. The van der Waals surface area contributed by atoms with Crippen LogP contribution < -0.4 is 0 Å². The summed E-state index contributed by atoms with van der Waals surface area (Å²) in [5, 5.41) is 0.682. The molecule has 0 aliphatic rings. The zero-order valence-corrected chi connectivity index (χ0v) is 10.6. The number of carbonyl (C=O) groups is 1. The molecule has 0 amide bonds. The molecule has 3 nitrogen and oxygen atoms in total. The first-order valence-corrected chi connectivity index (χ1v) is 5.97. The Balaban J connectivity index is 2.22. The molecule has 92 valence electrons. The maximum Gasteiger partial charge on any atom is 0.339 e. The molecule has 1 heterocycles. The van der Waals surface area contributed by atoms with Crippen molar-refractivity contribution in [2.24, 2.45) is 0 Å². The summed E-state index contributed by atoms with van der Waals surface area (Å²) in [4.78, 5) is 15.7. The van der Waals surface area contributed by atoms with E-state index in [0.717, 1.165) is 11.3 Å². The zero-order chi connectivity index (χ0) is 13.0. The van der Waals surface area contributed by atoms with Gasteiger partial charge < -0.3 is 4.74 Å². The highest BCUT2D eigenvalue weighted by atomic mass is 35.5. The lowest BCUT2D eigenvalue weighted by molar-refractivity contribution is 0.0526. The SMILES string of the molecule is CCOC(=O)c1ccc(-c2ccc(Cl)cc2)nc1. The molecular formula is C14H12ClNO2. The normalized spacial score (nSPS) is 10.1. The van der Waals surface area contributed by atoms with Gasteiger partial charge in [0.2, 0.25) is 0 Å². The third-order valence-corrected chi connectivity index (χ3v) is 2.67. The van der Waals surface area contributed by atoms with Crippen LogP contribution >= 0.6 is 11.6 Å². The second-order valence-corrected chi connectivity index (χ2v) is 4.10. The lowest BCUT2D eigenvalue weighted by Gasteiger charge is -2.03. The molecule has 1 aromatic heterocycles. The first kappa shape index (κ1) is 12.6. The van der Waals surface area contributed by atoms with E-state index in [1.807, 2.05) is 12.1 Å². The Bertz CT molecular complexity index is 535. The molecule has 0 aliphatic carbocycles. The molecule has 0 atom stereocenters. The first-order valence-electron chi connectivity index (χ1n) is 5.60. The number of esters is 1. The first-order chi connectivity index (χ1) is 8.70. The van der Waals surface area contributed by atoms with Crippen LogP contribution in [0.5, 0.6) is 0 Å². The molecule has 4 heteroatoms. The van der Waals surface area contributed by atoms with E-state index in [0.29, 0.717) is 17.2 Å². The Morgan fingerprint density at radius 1 is 1.22 bits per heavy atom. The van der Waals surface area contributed by atoms with Crippen molar-refractivity contribution >= 4 is 17.6 Å². The van der Waals surface area contributed by atoms with Crippen molar-refractivity contribution < 1.29 is 9.53 Å². The van der Waals surface area contributed by atoms with E-state index in [4.69, 9.17) is 16.3 Å². The third-order valence-electron chi connectivity index (χ3n) is 2.41. The van der Waals surface area contributed by atoms with Crippen molar-refractivity contribution in [1.29, 1.82) is 0 Å². The summed E-state index contributed by atoms with van der Waals surface area (Å²) in [5.41, 5.74) is 2.20. The molecule has 0 saturated heterocycles. The number of nitrogens with zero attached hydrogens (tertiary/aromatic N) is 1. The standard InChI is InChI=1S/C14H12ClNO2/c1-2-18-14(17)11-5-8-13(16-9-11)10-3-6-12(15)7-4-10/h3-9H,2H2,1H3. The molecule has 0 spiro atoms. The van der Waals surface area contributed by atoms with Crippen LogP contribution in [0.25, 0.3) is 11.3 Å². The molecule has 0 fully saturated rings. The Morgan fingerprint density at radius 3 is 2.50 bits per heavy atom. The van der Waals surface area contributed by atoms with Gasteiger partial charge in [-0.1, -0.05) is 23.7 Å². The van der Waals surface area contributed by atoms with E-state index in [2.05, 4.69) is 4.98 Å². The van der Waals surface area contributed by atoms with Crippen LogP contribution in [0, 0.1) is 0 Å². The van der Waals surface area contributed by atoms with Crippen molar-refractivity contribution in [3.63, 3.8) is 0 Å². The minimum absolute atomic E-state index is 0.354. The summed E-state index contributed by atoms with van der Waals surface area (Å²) >= 11 is 5.82. The molecular weight excluding hydrogens is 250 g/mol. The van der Waals surface area contributed by atoms with Crippen molar-refractivity contribution in [2.45, 2.75) is 6.92 Å². The fourth-order valence-electron chi connectivity index (χ4n) is 1.52. The second kappa shape index (κ2) is 5.65. The molecule has 0 unspecified atom stereocenters. The molecule has 0 N–H and O–H groups in total. The van der Waals surface area contributed by atoms with Gasteiger partial charge in [-0.2, -0.15) is 0 Å². The Morgan fingerprint density at radius 2 is 1.94 bits per heavy atom. The number of ether oxygens (including phenoxy) is 1. The summed E-state index contributed by atoms with van der Waals surface area (Å²) in [6.07, 6.45) is 1.52. The lowest BCUT2D eigenvalue weighted by atomic mass is 10.1. The highest BCUT2D eigenvalue weighted by Gasteiger charge is 2.07. The number of benzene rings is 1. The number of halogens is 1. The predicted octanol–water partition coefficient (Wildman–Crippen LogP) is 3.58. The summed E-state index contributed by atoms with van der Waals surface area (Å²) in [7, 11) is 0. The van der Waals surface area contributed by atoms with E-state index in [9.17, 15) is 4.79 Å². The number of carbonyl (C=O) groups excluding carboxylic acids is 1. The van der Waals surface area contributed by atoms with Gasteiger partial charge in [0.05, 0.1) is 17.9 Å². The van der Waals surface area contributed by atoms with Crippen LogP contribution in [0.4, 0.5) is 0 Å². The van der Waals surface area contributed by atoms with Crippen molar-refractivity contribution in [3.05, 3.63) is 53.2 Å². The number of hydrogen-bond donors (Lipinski definition) is 0. The summed E-state index contributed by atoms with van der Waals surface area (Å²) < 4.78 is 4.89. The van der Waals surface area contributed by atoms with E-state index < -0.39 is 0 Å². The monoisotopic (exact) mass is 261 g/mol. The van der Waals surface area contributed by atoms with Gasteiger partial charge in [0.1, 0.15) is 0 Å². The van der Waals surface area contributed by atoms with Gasteiger partial charge in [-0.3, -0.25) is 4.98 Å². The van der Waals surface area contributed by atoms with Gasteiger partial charge in [-0.05, 0) is 31.2 Å². The second-order valence-electron chi connectivity index (χ2n) is 3.66. The van der Waals surface area contributed by atoms with E-state index in [1.165, 1.54) is 6.20 Å². The molecule has 0 saturated carbocycles. The van der Waals surface area contributed by atoms with E-state index in [-0.39, 0.29) is 5.97 Å². The lowest BCUT2D eigenvalue weighted by Crippen LogP contribution is -2.04. The third kappa shape index (κ3) is 2.87. The van der Waals surface area contributed by atoms with Crippen LogP contribution in [-0.2, 0) is 4.74 Å². The van der Waals surface area contributed by atoms with Crippen molar-refractivity contribution in [2.75, 3.05) is 6.61 Å². The zero-order valence-electron chi connectivity index (χ0n) is 9.89. The summed E-state index contributed by atoms with van der Waals surface area (Å²) in [6.45, 7) is 2.13. The number of pyridine rings is 1. The van der Waals surface area contributed by atoms with E-state index in [1.54, 1.807) is 31.2 Å². The number of aromatic nitrogens is 1.